The van der Waals surface area contributed by atoms with Gasteiger partial charge in [-0.05, 0) is 64.8 Å². The van der Waals surface area contributed by atoms with Crippen LogP contribution in [0.2, 0.25) is 0 Å². The standard InChI is InChI=1S/C18H21IN2O2/c1-12(2)10-16(13-4-7-15(19)8-5-13)21-17-9-6-14(11-20-17)18(22)23-3/h4-9,11-12,16H,10H2,1-3H3,(H,20,21). The molecule has 4 nitrogen and oxygen atoms in total. The maximum Gasteiger partial charge on any atom is 0.339 e. The van der Waals surface area contributed by atoms with Gasteiger partial charge in [-0.1, -0.05) is 26.0 Å². The Balaban J connectivity index is 2.17. The highest BCUT2D eigenvalue weighted by Crippen LogP contribution is 2.26. The van der Waals surface area contributed by atoms with Crippen molar-refractivity contribution in [1.29, 1.82) is 0 Å². The van der Waals surface area contributed by atoms with Crippen LogP contribution >= 0.6 is 22.6 Å². The third-order valence-electron chi connectivity index (χ3n) is 3.49. The van der Waals surface area contributed by atoms with Crippen LogP contribution in [0.4, 0.5) is 5.82 Å². The quantitative estimate of drug-likeness (QED) is 0.541. The Morgan fingerprint density at radius 3 is 2.43 bits per heavy atom. The highest BCUT2D eigenvalue weighted by Gasteiger charge is 2.14. The summed E-state index contributed by atoms with van der Waals surface area (Å²) < 4.78 is 5.91. The van der Waals surface area contributed by atoms with Crippen LogP contribution in [0.3, 0.4) is 0 Å². The number of carbonyl (C=O) groups is 1. The number of esters is 1. The predicted octanol–water partition coefficient (Wildman–Crippen LogP) is 4.67. The largest absolute Gasteiger partial charge is 0.465 e. The molecule has 1 unspecified atom stereocenters. The molecule has 0 bridgehead atoms. The smallest absolute Gasteiger partial charge is 0.339 e. The van der Waals surface area contributed by atoms with E-state index in [9.17, 15) is 4.79 Å². The fraction of sp³-hybridized carbons (Fsp3) is 0.333. The van der Waals surface area contributed by atoms with Crippen molar-refractivity contribution in [2.75, 3.05) is 12.4 Å². The van der Waals surface area contributed by atoms with E-state index in [4.69, 9.17) is 4.74 Å². The van der Waals surface area contributed by atoms with Gasteiger partial charge in [-0.25, -0.2) is 9.78 Å². The van der Waals surface area contributed by atoms with Gasteiger partial charge in [0, 0.05) is 9.77 Å². The lowest BCUT2D eigenvalue weighted by atomic mass is 9.97. The third kappa shape index (κ3) is 5.20. The van der Waals surface area contributed by atoms with Crippen LogP contribution in [0.25, 0.3) is 0 Å². The molecular weight excluding hydrogens is 403 g/mol. The van der Waals surface area contributed by atoms with Crippen LogP contribution in [0, 0.1) is 9.49 Å². The maximum atomic E-state index is 11.5. The molecule has 1 N–H and O–H groups in total. The zero-order chi connectivity index (χ0) is 16.8. The normalized spacial score (nSPS) is 12.0. The molecule has 0 aliphatic rings. The fourth-order valence-electron chi connectivity index (χ4n) is 2.34. The first-order valence-electron chi connectivity index (χ1n) is 7.56. The molecule has 0 spiro atoms. The summed E-state index contributed by atoms with van der Waals surface area (Å²) in [6.45, 7) is 4.41. The Kier molecular flexibility index (Phi) is 6.38. The number of hydrogen-bond donors (Lipinski definition) is 1. The van der Waals surface area contributed by atoms with E-state index in [0.29, 0.717) is 11.5 Å². The van der Waals surface area contributed by atoms with Crippen molar-refractivity contribution < 1.29 is 9.53 Å². The summed E-state index contributed by atoms with van der Waals surface area (Å²) in [4.78, 5) is 15.8. The summed E-state index contributed by atoms with van der Waals surface area (Å²) in [6.07, 6.45) is 2.54. The summed E-state index contributed by atoms with van der Waals surface area (Å²) in [6, 6.07) is 12.2. The fourth-order valence-corrected chi connectivity index (χ4v) is 2.70. The number of hydrogen-bond acceptors (Lipinski definition) is 4. The van der Waals surface area contributed by atoms with Gasteiger partial charge >= 0.3 is 5.97 Å². The Hall–Kier alpha value is -1.63. The van der Waals surface area contributed by atoms with Crippen molar-refractivity contribution in [3.8, 4) is 0 Å². The van der Waals surface area contributed by atoms with Crippen molar-refractivity contribution in [2.24, 2.45) is 5.92 Å². The number of aromatic nitrogens is 1. The molecule has 0 radical (unpaired) electrons. The van der Waals surface area contributed by atoms with E-state index in [2.05, 4.69) is 71.0 Å². The lowest BCUT2D eigenvalue weighted by molar-refractivity contribution is 0.0600. The summed E-state index contributed by atoms with van der Waals surface area (Å²) in [5, 5.41) is 3.46. The number of rotatable bonds is 6. The van der Waals surface area contributed by atoms with Crippen molar-refractivity contribution in [2.45, 2.75) is 26.3 Å². The molecule has 1 aromatic carbocycles. The average Bonchev–Trinajstić information content (AvgIpc) is 2.54. The molecule has 122 valence electrons. The molecule has 0 aliphatic carbocycles. The summed E-state index contributed by atoms with van der Waals surface area (Å²) in [5.74, 6) is 0.934. The number of anilines is 1. The van der Waals surface area contributed by atoms with Crippen molar-refractivity contribution in [1.82, 2.24) is 4.98 Å². The van der Waals surface area contributed by atoms with Crippen LogP contribution in [0.15, 0.2) is 42.6 Å². The molecule has 1 heterocycles. The maximum absolute atomic E-state index is 11.5. The average molecular weight is 424 g/mol. The first kappa shape index (κ1) is 17.7. The minimum absolute atomic E-state index is 0.184. The van der Waals surface area contributed by atoms with Crippen LogP contribution in [0.1, 0.15) is 42.2 Å². The lowest BCUT2D eigenvalue weighted by Crippen LogP contribution is -2.14. The van der Waals surface area contributed by atoms with E-state index in [1.807, 2.05) is 6.07 Å². The molecule has 5 heteroatoms. The van der Waals surface area contributed by atoms with Crippen LogP contribution < -0.4 is 5.32 Å². The lowest BCUT2D eigenvalue weighted by Gasteiger charge is -2.22. The monoisotopic (exact) mass is 424 g/mol. The summed E-state index contributed by atoms with van der Waals surface area (Å²) in [5.41, 5.74) is 1.69. The Bertz CT molecular complexity index is 639. The second-order valence-corrected chi connectivity index (χ2v) is 7.05. The van der Waals surface area contributed by atoms with Gasteiger partial charge in [0.2, 0.25) is 0 Å². The van der Waals surface area contributed by atoms with E-state index >= 15 is 0 Å². The van der Waals surface area contributed by atoms with Crippen LogP contribution in [-0.2, 0) is 4.74 Å². The number of pyridine rings is 1. The van der Waals surface area contributed by atoms with E-state index in [1.165, 1.54) is 22.4 Å². The molecule has 2 aromatic rings. The van der Waals surface area contributed by atoms with Gasteiger partial charge in [0.25, 0.3) is 0 Å². The van der Waals surface area contributed by atoms with Crippen LogP contribution in [-0.4, -0.2) is 18.1 Å². The number of ether oxygens (including phenoxy) is 1. The van der Waals surface area contributed by atoms with Gasteiger partial charge < -0.3 is 10.1 Å². The molecule has 1 atom stereocenters. The minimum atomic E-state index is -0.375. The minimum Gasteiger partial charge on any atom is -0.465 e. The van der Waals surface area contributed by atoms with Gasteiger partial charge in [0.1, 0.15) is 5.82 Å². The molecule has 0 saturated carbocycles. The zero-order valence-electron chi connectivity index (χ0n) is 13.5. The van der Waals surface area contributed by atoms with Gasteiger partial charge in [0.15, 0.2) is 0 Å². The molecule has 0 amide bonds. The number of nitrogens with one attached hydrogen (secondary N) is 1. The van der Waals surface area contributed by atoms with E-state index in [1.54, 1.807) is 6.07 Å². The van der Waals surface area contributed by atoms with E-state index in [-0.39, 0.29) is 12.0 Å². The number of halogens is 1. The predicted molar refractivity (Wildman–Crippen MR) is 101 cm³/mol. The van der Waals surface area contributed by atoms with E-state index < -0.39 is 0 Å². The van der Waals surface area contributed by atoms with Gasteiger partial charge in [-0.3, -0.25) is 0 Å². The number of carbonyl (C=O) groups excluding carboxylic acids is 1. The molecule has 0 aliphatic heterocycles. The van der Waals surface area contributed by atoms with Crippen molar-refractivity contribution in [3.63, 3.8) is 0 Å². The molecule has 1 aromatic heterocycles. The second-order valence-electron chi connectivity index (χ2n) is 5.80. The highest BCUT2D eigenvalue weighted by atomic mass is 127. The number of methoxy groups -OCH3 is 1. The Morgan fingerprint density at radius 2 is 1.91 bits per heavy atom. The summed E-state index contributed by atoms with van der Waals surface area (Å²) >= 11 is 2.31. The molecule has 23 heavy (non-hydrogen) atoms. The summed E-state index contributed by atoms with van der Waals surface area (Å²) in [7, 11) is 1.37. The molecule has 0 saturated heterocycles. The molecule has 0 fully saturated rings. The Labute approximate surface area is 150 Å². The Morgan fingerprint density at radius 1 is 1.22 bits per heavy atom. The number of nitrogens with zero attached hydrogens (tertiary/aromatic N) is 1. The van der Waals surface area contributed by atoms with Gasteiger partial charge in [-0.2, -0.15) is 0 Å². The first-order chi connectivity index (χ1) is 11.0. The van der Waals surface area contributed by atoms with E-state index in [0.717, 1.165) is 12.2 Å². The third-order valence-corrected chi connectivity index (χ3v) is 4.21. The van der Waals surface area contributed by atoms with Crippen molar-refractivity contribution in [3.05, 3.63) is 57.3 Å². The second kappa shape index (κ2) is 8.29. The van der Waals surface area contributed by atoms with Crippen molar-refractivity contribution >= 4 is 34.4 Å². The zero-order valence-corrected chi connectivity index (χ0v) is 15.7. The number of benzene rings is 1. The highest BCUT2D eigenvalue weighted by molar-refractivity contribution is 14.1. The van der Waals surface area contributed by atoms with Gasteiger partial charge in [0.05, 0.1) is 18.7 Å². The molecular formula is C18H21IN2O2. The topological polar surface area (TPSA) is 51.2 Å². The van der Waals surface area contributed by atoms with Crippen LogP contribution in [0.5, 0.6) is 0 Å². The first-order valence-corrected chi connectivity index (χ1v) is 8.64. The molecule has 2 rings (SSSR count). The SMILES string of the molecule is COC(=O)c1ccc(NC(CC(C)C)c2ccc(I)cc2)nc1. The van der Waals surface area contributed by atoms with Gasteiger partial charge in [-0.15, -0.1) is 0 Å².